The fraction of sp³-hybridized carbons (Fsp3) is 0.267. The van der Waals surface area contributed by atoms with Crippen molar-refractivity contribution in [3.05, 3.63) is 225 Å². The second-order valence-electron chi connectivity index (χ2n) is 34.3. The van der Waals surface area contributed by atoms with E-state index in [4.69, 9.17) is 48.6 Å². The smallest absolute Gasteiger partial charge is 0.151 e. The number of pyridine rings is 8. The minimum Gasteiger partial charge on any atom is -0.396 e. The molecule has 0 aliphatic rings. The van der Waals surface area contributed by atoms with Crippen molar-refractivity contribution in [1.82, 2.24) is 88.1 Å². The van der Waals surface area contributed by atoms with Crippen LogP contribution in [0.15, 0.2) is 223 Å². The summed E-state index contributed by atoms with van der Waals surface area (Å²) in [5.41, 5.74) is 52.5. The minimum atomic E-state index is -1.21. The molecule has 0 saturated carbocycles. The molecule has 0 fully saturated rings. The molecule has 18 heterocycles. The van der Waals surface area contributed by atoms with Crippen molar-refractivity contribution < 1.29 is 25.4 Å². The van der Waals surface area contributed by atoms with E-state index in [0.29, 0.717) is 80.4 Å². The monoisotopic (exact) mass is 2110 g/mol. The van der Waals surface area contributed by atoms with Crippen molar-refractivity contribution in [2.75, 3.05) is 57.4 Å². The van der Waals surface area contributed by atoms with Crippen LogP contribution >= 0.6 is 56.7 Å². The third-order valence-corrected chi connectivity index (χ3v) is 39.3. The molecular formula is C105H112FN23O5S10. The van der Waals surface area contributed by atoms with Gasteiger partial charge < -0.3 is 42.4 Å². The van der Waals surface area contributed by atoms with E-state index < -0.39 is 59.8 Å². The summed E-state index contributed by atoms with van der Waals surface area (Å²) in [5, 5.41) is 12.7. The first-order chi connectivity index (χ1) is 69.6. The fourth-order valence-corrected chi connectivity index (χ4v) is 30.1. The highest BCUT2D eigenvalue weighted by atomic mass is 32.2. The predicted octanol–water partition coefficient (Wildman–Crippen LogP) is 23.5. The number of thiophene rings is 5. The zero-order chi connectivity index (χ0) is 102. The second-order valence-corrected chi connectivity index (χ2v) is 48.1. The van der Waals surface area contributed by atoms with Crippen molar-refractivity contribution in [2.45, 2.75) is 141 Å². The van der Waals surface area contributed by atoms with Gasteiger partial charge in [0.15, 0.2) is 5.82 Å². The Morgan fingerprint density at radius 3 is 0.847 bits per heavy atom. The van der Waals surface area contributed by atoms with Crippen LogP contribution in [0.2, 0.25) is 0 Å². The van der Waals surface area contributed by atoms with Gasteiger partial charge in [-0.25, -0.2) is 44.3 Å². The Hall–Kier alpha value is -12.8. The van der Waals surface area contributed by atoms with Crippen molar-refractivity contribution in [2.24, 2.45) is 35.2 Å². The highest BCUT2D eigenvalue weighted by Gasteiger charge is 2.30. The average Bonchev–Trinajstić information content (AvgIpc) is 1.69. The minimum absolute atomic E-state index is 0.167. The summed E-state index contributed by atoms with van der Waals surface area (Å²) in [4.78, 5) is 53.7. The number of unbranched alkanes of at least 4 members (excludes halogenated alkanes) is 5. The van der Waals surface area contributed by atoms with E-state index in [2.05, 4.69) is 116 Å². The molecular weight excluding hydrogens is 2000 g/mol. The second kappa shape index (κ2) is 46.9. The lowest BCUT2D eigenvalue weighted by Gasteiger charge is -2.10. The van der Waals surface area contributed by atoms with Gasteiger partial charge in [0.05, 0.1) is 159 Å². The number of nitrogen functional groups attached to an aromatic ring is 5. The molecule has 0 amide bonds. The summed E-state index contributed by atoms with van der Waals surface area (Å²) in [5.74, 6) is 5.24. The number of hydrogen-bond acceptors (Lipinski definition) is 28. The Morgan fingerprint density at radius 2 is 0.583 bits per heavy atom. The van der Waals surface area contributed by atoms with E-state index in [9.17, 15) is 25.4 Å². The first-order valence-electron chi connectivity index (χ1n) is 47.1. The lowest BCUT2D eigenvalue weighted by atomic mass is 10.0. The molecule has 10 N–H and O–H groups in total. The van der Waals surface area contributed by atoms with Gasteiger partial charge in [-0.15, -0.1) is 56.7 Å². The SMILES string of the molecule is CCCCS(=O)c1sc2nc(-c3cnn(C)c3)cc(-c3ccccc3)c2c1N.CCCCS(=O)c1sc2nc(-c3ncccc3F)cc(-c3cnc(C)n3C)c2c1N.CCCC[S@@](=O)c1sc2nc(-c3cccnc3)cc(-c3cnc(C)n3C)c2c1N.CCCC[S@](=O)c1sc2nc(-c3cccnc3)cc(-c3cnc(C)n3C)c2c1N.CCCC[S@](=O)c1sc2nc(-c3cnn(C)c3)cc(-c3ccccc3)c2c1N. The van der Waals surface area contributed by atoms with Gasteiger partial charge in [-0.3, -0.25) is 45.4 Å². The van der Waals surface area contributed by atoms with Crippen LogP contribution in [0.1, 0.15) is 116 Å². The fourth-order valence-electron chi connectivity index (χ4n) is 16.2. The number of aryl methyl sites for hydroxylation is 5. The molecule has 0 radical (unpaired) electrons. The van der Waals surface area contributed by atoms with Crippen LogP contribution in [0.4, 0.5) is 32.8 Å². The van der Waals surface area contributed by atoms with E-state index in [-0.39, 0.29) is 5.69 Å². The Labute approximate surface area is 867 Å². The molecule has 0 bridgehead atoms. The summed E-state index contributed by atoms with van der Waals surface area (Å²) < 4.78 is 91.6. The number of hydrogen-bond donors (Lipinski definition) is 5. The first-order valence-corrected chi connectivity index (χ1v) is 57.8. The molecule has 0 saturated heterocycles. The number of halogens is 1. The lowest BCUT2D eigenvalue weighted by molar-refractivity contribution is 0.625. The van der Waals surface area contributed by atoms with E-state index in [1.165, 1.54) is 68.9 Å². The van der Waals surface area contributed by atoms with Crippen LogP contribution in [0, 0.1) is 26.6 Å². The molecule has 20 rings (SSSR count). The van der Waals surface area contributed by atoms with Gasteiger partial charge in [-0.2, -0.15) is 10.2 Å². The number of anilines is 5. The molecule has 0 aliphatic carbocycles. The molecule has 0 spiro atoms. The third kappa shape index (κ3) is 22.5. The predicted molar refractivity (Wildman–Crippen MR) is 597 cm³/mol. The zero-order valence-corrected chi connectivity index (χ0v) is 90.3. The Bertz CT molecular complexity index is 7770. The zero-order valence-electron chi connectivity index (χ0n) is 82.1. The van der Waals surface area contributed by atoms with Gasteiger partial charge in [-0.1, -0.05) is 127 Å². The number of nitrogens with zero attached hydrogens (tertiary/aromatic N) is 18. The molecule has 144 heavy (non-hydrogen) atoms. The average molecular weight is 2120 g/mol. The number of benzene rings is 2. The standard InChI is InChI=1S/C21H22FN5OS2.2C21H23N5OS2.2C21H22N4OS2/c1-4-5-9-30(28)21-18(23)17-13(16-11-25-12(2)27(16)3)10-15(26-20(17)29-21)19-14(22)7-6-8-24-19;2*1-4-5-9-29(27)21-19(22)18-15(17-12-24-13(2)26(17)3)10-16(25-20(18)28-21)14-7-6-8-23-11-14;2*1-3-4-10-28(26)21-19(22)18-16(14-8-6-5-7-9-14)11-17(24-20(18)27-21)15-12-23-25(2)13-15/h6-8,10-11H,4-5,9,23H2,1-3H3;2*6-8,10-12H,4-5,9,22H2,1-3H3;2*5-9,11-13H,3-4,10,22H2,1-2H3/t;2*29-;28-;/m.100./s1. The molecule has 28 nitrogen and oxygen atoms in total. The Morgan fingerprint density at radius 1 is 0.312 bits per heavy atom. The molecule has 0 aliphatic heterocycles. The number of aromatic nitrogens is 18. The van der Waals surface area contributed by atoms with Crippen LogP contribution in [-0.4, -0.2) is 138 Å². The molecule has 2 unspecified atom stereocenters. The summed E-state index contributed by atoms with van der Waals surface area (Å²) in [6.07, 6.45) is 31.0. The van der Waals surface area contributed by atoms with Gasteiger partial charge in [-0.05, 0) is 142 Å². The molecule has 744 valence electrons. The number of imidazole rings is 3. The number of nitrogens with two attached hydrogens (primary N) is 5. The third-order valence-electron chi connectivity index (χ3n) is 24.4. The summed E-state index contributed by atoms with van der Waals surface area (Å²) in [7, 11) is 3.99. The molecule has 39 heteroatoms. The largest absolute Gasteiger partial charge is 0.396 e. The van der Waals surface area contributed by atoms with Crippen LogP contribution in [0.5, 0.6) is 0 Å². The van der Waals surface area contributed by atoms with Gasteiger partial charge >= 0.3 is 0 Å². The van der Waals surface area contributed by atoms with Gasteiger partial charge in [0.25, 0.3) is 0 Å². The lowest BCUT2D eigenvalue weighted by Crippen LogP contribution is -2.00. The topological polar surface area (TPSA) is 408 Å². The van der Waals surface area contributed by atoms with E-state index in [1.54, 1.807) is 64.9 Å². The van der Waals surface area contributed by atoms with Crippen LogP contribution in [0.25, 0.3) is 164 Å². The normalized spacial score (nSPS) is 12.5. The highest BCUT2D eigenvalue weighted by molar-refractivity contribution is 7.89. The maximum atomic E-state index is 14.5. The maximum Gasteiger partial charge on any atom is 0.151 e. The van der Waals surface area contributed by atoms with E-state index in [1.807, 2.05) is 167 Å². The summed E-state index contributed by atoms with van der Waals surface area (Å²) >= 11 is 7.04. The van der Waals surface area contributed by atoms with Crippen LogP contribution in [-0.2, 0) is 89.2 Å². The first kappa shape index (κ1) is 104. The van der Waals surface area contributed by atoms with Crippen LogP contribution in [0.3, 0.4) is 0 Å². The Balaban J connectivity index is 0.000000129. The van der Waals surface area contributed by atoms with Gasteiger partial charge in [0.2, 0.25) is 0 Å². The van der Waals surface area contributed by atoms with Crippen molar-refractivity contribution in [1.29, 1.82) is 0 Å². The van der Waals surface area contributed by atoms with Gasteiger partial charge in [0, 0.05) is 173 Å². The highest BCUT2D eigenvalue weighted by Crippen LogP contribution is 2.50. The summed E-state index contributed by atoms with van der Waals surface area (Å²) in [6, 6.07) is 40.9. The number of fused-ring (bicyclic) bond motifs is 5. The quantitative estimate of drug-likeness (QED) is 0.0279. The van der Waals surface area contributed by atoms with E-state index in [0.717, 1.165) is 237 Å². The van der Waals surface area contributed by atoms with Crippen LogP contribution < -0.4 is 28.7 Å². The summed E-state index contributed by atoms with van der Waals surface area (Å²) in [6.45, 7) is 16.3. The van der Waals surface area contributed by atoms with Crippen molar-refractivity contribution in [3.63, 3.8) is 0 Å². The molecule has 5 atom stereocenters. The van der Waals surface area contributed by atoms with Gasteiger partial charge in [0.1, 0.15) is 68.4 Å². The van der Waals surface area contributed by atoms with Crippen molar-refractivity contribution >= 4 is 190 Å². The molecule has 2 aromatic carbocycles. The Kier molecular flexibility index (Phi) is 33.9. The molecule has 20 aromatic rings. The maximum absolute atomic E-state index is 14.5. The molecule has 18 aromatic heterocycles. The van der Waals surface area contributed by atoms with E-state index >= 15 is 0 Å². The number of rotatable bonds is 30. The van der Waals surface area contributed by atoms with Crippen molar-refractivity contribution in [3.8, 4) is 112 Å².